The largest absolute Gasteiger partial charge is 0.384 e. The van der Waals surface area contributed by atoms with Gasteiger partial charge in [0.2, 0.25) is 5.91 Å². The van der Waals surface area contributed by atoms with Gasteiger partial charge in [-0.1, -0.05) is 22.0 Å². The summed E-state index contributed by atoms with van der Waals surface area (Å²) in [6.07, 6.45) is 3.21. The van der Waals surface area contributed by atoms with E-state index in [1.54, 1.807) is 12.3 Å². The van der Waals surface area contributed by atoms with Crippen LogP contribution in [0, 0.1) is 6.92 Å². The quantitative estimate of drug-likeness (QED) is 0.721. The van der Waals surface area contributed by atoms with Crippen LogP contribution in [0.15, 0.2) is 41.1 Å². The molecule has 4 N–H and O–H groups in total. The van der Waals surface area contributed by atoms with Crippen LogP contribution in [-0.2, 0) is 4.79 Å². The van der Waals surface area contributed by atoms with Crippen LogP contribution in [0.5, 0.6) is 0 Å². The van der Waals surface area contributed by atoms with Gasteiger partial charge in [-0.05, 0) is 30.7 Å². The van der Waals surface area contributed by atoms with Gasteiger partial charge in [-0.3, -0.25) is 14.6 Å². The Bertz CT molecular complexity index is 734. The molecule has 6 nitrogen and oxygen atoms in total. The summed E-state index contributed by atoms with van der Waals surface area (Å²) in [4.78, 5) is 27.2. The Morgan fingerprint density at radius 3 is 2.78 bits per heavy atom. The highest BCUT2D eigenvalue weighted by molar-refractivity contribution is 9.10. The molecule has 2 rings (SSSR count). The van der Waals surface area contributed by atoms with Crippen LogP contribution in [0.4, 0.5) is 11.4 Å². The zero-order chi connectivity index (χ0) is 16.8. The average Bonchev–Trinajstić information content (AvgIpc) is 2.51. The van der Waals surface area contributed by atoms with Gasteiger partial charge >= 0.3 is 0 Å². The van der Waals surface area contributed by atoms with E-state index < -0.39 is 5.91 Å². The van der Waals surface area contributed by atoms with E-state index in [1.165, 1.54) is 6.20 Å². The number of carbonyl (C=O) groups is 2. The van der Waals surface area contributed by atoms with Crippen molar-refractivity contribution in [3.8, 4) is 0 Å². The highest BCUT2D eigenvalue weighted by Gasteiger charge is 2.09. The molecule has 1 heterocycles. The molecule has 120 valence electrons. The number of anilines is 2. The van der Waals surface area contributed by atoms with E-state index in [0.29, 0.717) is 17.8 Å². The lowest BCUT2D eigenvalue weighted by molar-refractivity contribution is -0.115. The first-order valence-electron chi connectivity index (χ1n) is 7.01. The van der Waals surface area contributed by atoms with E-state index in [1.807, 2.05) is 25.1 Å². The Balaban J connectivity index is 1.90. The molecule has 0 radical (unpaired) electrons. The fourth-order valence-corrected chi connectivity index (χ4v) is 2.36. The van der Waals surface area contributed by atoms with Crippen LogP contribution in [-0.4, -0.2) is 23.3 Å². The first-order valence-corrected chi connectivity index (χ1v) is 7.80. The van der Waals surface area contributed by atoms with E-state index >= 15 is 0 Å². The van der Waals surface area contributed by atoms with Crippen molar-refractivity contribution in [2.45, 2.75) is 13.3 Å². The first-order chi connectivity index (χ1) is 11.0. The zero-order valence-electron chi connectivity index (χ0n) is 12.6. The lowest BCUT2D eigenvalue weighted by Gasteiger charge is -2.11. The Labute approximate surface area is 142 Å². The summed E-state index contributed by atoms with van der Waals surface area (Å²) in [5, 5.41) is 5.89. The summed E-state index contributed by atoms with van der Waals surface area (Å²) in [5.74, 6) is -0.678. The second-order valence-electron chi connectivity index (χ2n) is 4.97. The molecule has 0 unspecified atom stereocenters. The number of nitrogens with one attached hydrogen (secondary N) is 2. The van der Waals surface area contributed by atoms with Crippen molar-refractivity contribution in [1.29, 1.82) is 0 Å². The van der Waals surface area contributed by atoms with Gasteiger partial charge in [-0.25, -0.2) is 0 Å². The number of carbonyl (C=O) groups excluding carboxylic acids is 2. The molecule has 0 aliphatic rings. The van der Waals surface area contributed by atoms with Gasteiger partial charge in [0.05, 0.1) is 11.3 Å². The smallest absolute Gasteiger partial charge is 0.252 e. The molecule has 0 spiro atoms. The molecule has 1 aromatic heterocycles. The normalized spacial score (nSPS) is 10.2. The van der Waals surface area contributed by atoms with Crippen LogP contribution >= 0.6 is 15.9 Å². The van der Waals surface area contributed by atoms with Crippen molar-refractivity contribution in [3.63, 3.8) is 0 Å². The van der Waals surface area contributed by atoms with Crippen LogP contribution in [0.25, 0.3) is 0 Å². The second kappa shape index (κ2) is 7.73. The number of pyridine rings is 1. The lowest BCUT2D eigenvalue weighted by Crippen LogP contribution is -2.19. The molecule has 0 aliphatic heterocycles. The number of benzene rings is 1. The summed E-state index contributed by atoms with van der Waals surface area (Å²) < 4.78 is 0.902. The minimum atomic E-state index is -0.560. The van der Waals surface area contributed by atoms with Crippen LogP contribution in [0.2, 0.25) is 0 Å². The molecule has 0 saturated heterocycles. The lowest BCUT2D eigenvalue weighted by atomic mass is 10.2. The molecule has 0 saturated carbocycles. The summed E-state index contributed by atoms with van der Waals surface area (Å²) in [5.41, 5.74) is 7.90. The number of aromatic nitrogens is 1. The molecule has 1 aromatic carbocycles. The van der Waals surface area contributed by atoms with Crippen molar-refractivity contribution < 1.29 is 9.59 Å². The van der Waals surface area contributed by atoms with Crippen molar-refractivity contribution >= 4 is 39.1 Å². The molecular formula is C16H17BrN4O2. The Hall–Kier alpha value is -2.41. The number of rotatable bonds is 6. The summed E-state index contributed by atoms with van der Waals surface area (Å²) >= 11 is 3.38. The number of aryl methyl sites for hydroxylation is 1. The molecule has 7 heteroatoms. The van der Waals surface area contributed by atoms with Crippen LogP contribution in [0.1, 0.15) is 22.3 Å². The number of nitrogens with two attached hydrogens (primary N) is 1. The van der Waals surface area contributed by atoms with Gasteiger partial charge in [0, 0.05) is 35.5 Å². The second-order valence-corrected chi connectivity index (χ2v) is 5.89. The maximum Gasteiger partial charge on any atom is 0.252 e. The van der Waals surface area contributed by atoms with Gasteiger partial charge in [-0.2, -0.15) is 0 Å². The maximum atomic E-state index is 12.0. The predicted molar refractivity (Wildman–Crippen MR) is 93.4 cm³/mol. The van der Waals surface area contributed by atoms with Gasteiger partial charge in [-0.15, -0.1) is 0 Å². The van der Waals surface area contributed by atoms with E-state index in [2.05, 4.69) is 31.5 Å². The topological polar surface area (TPSA) is 97.1 Å². The Kier molecular flexibility index (Phi) is 5.70. The Morgan fingerprint density at radius 2 is 2.04 bits per heavy atom. The number of amides is 2. The maximum absolute atomic E-state index is 12.0. The third-order valence-corrected chi connectivity index (χ3v) is 3.72. The minimum Gasteiger partial charge on any atom is -0.384 e. The fourth-order valence-electron chi connectivity index (χ4n) is 2.00. The summed E-state index contributed by atoms with van der Waals surface area (Å²) in [7, 11) is 0. The van der Waals surface area contributed by atoms with Crippen LogP contribution in [0.3, 0.4) is 0 Å². The number of primary amides is 1. The number of hydrogen-bond acceptors (Lipinski definition) is 4. The van der Waals surface area contributed by atoms with Gasteiger partial charge in [0.1, 0.15) is 0 Å². The Morgan fingerprint density at radius 1 is 1.26 bits per heavy atom. The molecular weight excluding hydrogens is 360 g/mol. The van der Waals surface area contributed by atoms with E-state index in [-0.39, 0.29) is 12.3 Å². The molecule has 2 amide bonds. The third kappa shape index (κ3) is 4.79. The molecule has 0 bridgehead atoms. The molecule has 0 aliphatic carbocycles. The molecule has 2 aromatic rings. The van der Waals surface area contributed by atoms with Crippen LogP contribution < -0.4 is 16.4 Å². The molecule has 0 atom stereocenters. The van der Waals surface area contributed by atoms with Crippen molar-refractivity contribution in [3.05, 3.63) is 52.3 Å². The average molecular weight is 377 g/mol. The first kappa shape index (κ1) is 17.0. The number of halogens is 1. The monoisotopic (exact) mass is 376 g/mol. The highest BCUT2D eigenvalue weighted by atomic mass is 79.9. The van der Waals surface area contributed by atoms with E-state index in [4.69, 9.17) is 5.73 Å². The standard InChI is InChI=1S/C16H17BrN4O2/c1-10-2-3-11(17)8-14(10)21-15(22)5-7-20-13-4-6-19-9-12(13)16(18)23/h2-4,6,8-9H,5,7H2,1H3,(H2,18,23)(H,19,20)(H,21,22). The molecule has 23 heavy (non-hydrogen) atoms. The third-order valence-electron chi connectivity index (χ3n) is 3.23. The van der Waals surface area contributed by atoms with Gasteiger partial charge < -0.3 is 16.4 Å². The van der Waals surface area contributed by atoms with Crippen molar-refractivity contribution in [1.82, 2.24) is 4.98 Å². The van der Waals surface area contributed by atoms with E-state index in [9.17, 15) is 9.59 Å². The zero-order valence-corrected chi connectivity index (χ0v) is 14.2. The van der Waals surface area contributed by atoms with Crippen molar-refractivity contribution in [2.24, 2.45) is 5.73 Å². The molecule has 0 fully saturated rings. The summed E-state index contributed by atoms with van der Waals surface area (Å²) in [6.45, 7) is 2.31. The van der Waals surface area contributed by atoms with E-state index in [0.717, 1.165) is 15.7 Å². The SMILES string of the molecule is Cc1ccc(Br)cc1NC(=O)CCNc1ccncc1C(N)=O. The number of nitrogens with zero attached hydrogens (tertiary/aromatic N) is 1. The fraction of sp³-hybridized carbons (Fsp3) is 0.188. The predicted octanol–water partition coefficient (Wildman–Crippen LogP) is 2.69. The number of hydrogen-bond donors (Lipinski definition) is 3. The van der Waals surface area contributed by atoms with Crippen molar-refractivity contribution in [2.75, 3.05) is 17.2 Å². The van der Waals surface area contributed by atoms with Gasteiger partial charge in [0.25, 0.3) is 5.91 Å². The summed E-state index contributed by atoms with van der Waals surface area (Å²) in [6, 6.07) is 7.35. The highest BCUT2D eigenvalue weighted by Crippen LogP contribution is 2.20. The minimum absolute atomic E-state index is 0.117. The van der Waals surface area contributed by atoms with Gasteiger partial charge in [0.15, 0.2) is 0 Å².